The number of aliphatic carboxylic acids is 1. The number of likely N-dealkylation sites (tertiary alicyclic amines) is 1. The van der Waals surface area contributed by atoms with Gasteiger partial charge in [-0.2, -0.15) is 13.2 Å². The zero-order chi connectivity index (χ0) is 33.7. The number of carboxylic acids is 2. The number of carbonyl (C=O) groups is 3. The molecule has 4 heterocycles. The quantitative estimate of drug-likeness (QED) is 0.178. The molecule has 244 valence electrons. The summed E-state index contributed by atoms with van der Waals surface area (Å²) in [5.74, 6) is -2.51. The number of aryl methyl sites for hydroxylation is 1. The Morgan fingerprint density at radius 1 is 0.957 bits per heavy atom. The summed E-state index contributed by atoms with van der Waals surface area (Å²) in [5.41, 5.74) is 5.24. The molecule has 6 rings (SSSR count). The fraction of sp³-hybridized carbons (Fsp3) is 0.242. The minimum Gasteiger partial charge on any atom is -0.478 e. The smallest absolute Gasteiger partial charge is 0.478 e. The second-order valence-electron chi connectivity index (χ2n) is 10.7. The van der Waals surface area contributed by atoms with Gasteiger partial charge in [-0.3, -0.25) is 4.79 Å². The number of carbonyl (C=O) groups excluding carboxylic acids is 1. The van der Waals surface area contributed by atoms with Gasteiger partial charge in [-0.1, -0.05) is 41.6 Å². The number of carboxylic acid groups (broad SMARTS) is 2. The lowest BCUT2D eigenvalue weighted by atomic mass is 9.96. The number of aromatic carboxylic acids is 1. The Labute approximate surface area is 274 Å². The highest BCUT2D eigenvalue weighted by molar-refractivity contribution is 7.10. The van der Waals surface area contributed by atoms with Gasteiger partial charge in [-0.15, -0.1) is 22.7 Å². The summed E-state index contributed by atoms with van der Waals surface area (Å²) in [6, 6.07) is 18.8. The third kappa shape index (κ3) is 8.13. The molecule has 0 spiro atoms. The molecule has 9 nitrogen and oxygen atoms in total. The second kappa shape index (κ2) is 14.3. The van der Waals surface area contributed by atoms with E-state index in [2.05, 4.69) is 10.5 Å². The lowest BCUT2D eigenvalue weighted by Crippen LogP contribution is -2.38. The van der Waals surface area contributed by atoms with E-state index in [0.717, 1.165) is 63.8 Å². The topological polar surface area (TPSA) is 134 Å². The molecule has 0 radical (unpaired) electrons. The van der Waals surface area contributed by atoms with E-state index in [1.165, 1.54) is 0 Å². The Balaban J connectivity index is 0.000000559. The van der Waals surface area contributed by atoms with Crippen LogP contribution in [0.1, 0.15) is 44.8 Å². The number of hydrogen-bond donors (Lipinski definition) is 2. The molecular formula is C33H28F3N3O6S2. The average Bonchev–Trinajstić information content (AvgIpc) is 3.83. The Kier molecular flexibility index (Phi) is 10.2. The van der Waals surface area contributed by atoms with Crippen LogP contribution in [-0.4, -0.2) is 62.4 Å². The number of rotatable bonds is 7. The number of aromatic nitrogens is 2. The van der Waals surface area contributed by atoms with E-state index in [0.29, 0.717) is 23.8 Å². The first-order valence-corrected chi connectivity index (χ1v) is 16.1. The maximum absolute atomic E-state index is 12.7. The number of halogens is 3. The molecule has 0 atom stereocenters. The SMILES string of the molecule is Cc1onc(-c2cccc(-c3cccc(C(=O)O)c3)c2)c1-c1csc(C2CCN(C(=O)Cc3cccs3)CC2)n1.O=C(O)C(F)(F)F. The fourth-order valence-corrected chi connectivity index (χ4v) is 6.87. The molecule has 0 saturated carbocycles. The number of benzene rings is 2. The molecule has 1 aliphatic rings. The van der Waals surface area contributed by atoms with Crippen LogP contribution >= 0.6 is 22.7 Å². The summed E-state index contributed by atoms with van der Waals surface area (Å²) in [5, 5.41) is 26.0. The minimum absolute atomic E-state index is 0.197. The predicted molar refractivity (Wildman–Crippen MR) is 170 cm³/mol. The second-order valence-corrected chi connectivity index (χ2v) is 12.6. The van der Waals surface area contributed by atoms with Crippen molar-refractivity contribution >= 4 is 40.5 Å². The van der Waals surface area contributed by atoms with Gasteiger partial charge in [0.2, 0.25) is 5.91 Å². The molecule has 2 N–H and O–H groups in total. The number of amides is 1. The molecule has 0 bridgehead atoms. The van der Waals surface area contributed by atoms with E-state index in [1.54, 1.807) is 40.9 Å². The fourth-order valence-electron chi connectivity index (χ4n) is 5.19. The first-order chi connectivity index (χ1) is 22.4. The molecule has 0 aliphatic carbocycles. The number of alkyl halides is 3. The number of thiazole rings is 1. The van der Waals surface area contributed by atoms with Crippen LogP contribution in [-0.2, 0) is 16.0 Å². The zero-order valence-corrected chi connectivity index (χ0v) is 26.5. The molecule has 3 aromatic heterocycles. The normalized spacial score (nSPS) is 13.6. The van der Waals surface area contributed by atoms with Crippen LogP contribution in [0.25, 0.3) is 33.6 Å². The van der Waals surface area contributed by atoms with Crippen LogP contribution in [0.15, 0.2) is 75.9 Å². The highest BCUT2D eigenvalue weighted by Gasteiger charge is 2.38. The molecule has 2 aromatic carbocycles. The van der Waals surface area contributed by atoms with Crippen molar-refractivity contribution in [1.29, 1.82) is 0 Å². The summed E-state index contributed by atoms with van der Waals surface area (Å²) in [6.45, 7) is 3.39. The monoisotopic (exact) mass is 683 g/mol. The first kappa shape index (κ1) is 33.5. The number of nitrogens with zero attached hydrogens (tertiary/aromatic N) is 3. The van der Waals surface area contributed by atoms with E-state index in [9.17, 15) is 27.9 Å². The van der Waals surface area contributed by atoms with Crippen molar-refractivity contribution in [2.75, 3.05) is 13.1 Å². The van der Waals surface area contributed by atoms with Crippen molar-refractivity contribution in [3.05, 3.63) is 92.6 Å². The van der Waals surface area contributed by atoms with Crippen LogP contribution in [0.5, 0.6) is 0 Å². The third-order valence-corrected chi connectivity index (χ3v) is 9.45. The maximum atomic E-state index is 12.7. The average molecular weight is 684 g/mol. The molecule has 1 fully saturated rings. The number of thiophene rings is 1. The van der Waals surface area contributed by atoms with Gasteiger partial charge in [0.15, 0.2) is 0 Å². The minimum atomic E-state index is -5.08. The van der Waals surface area contributed by atoms with Gasteiger partial charge in [0.25, 0.3) is 0 Å². The van der Waals surface area contributed by atoms with E-state index < -0.39 is 18.1 Å². The van der Waals surface area contributed by atoms with Gasteiger partial charge in [0.1, 0.15) is 11.5 Å². The highest BCUT2D eigenvalue weighted by Crippen LogP contribution is 2.39. The van der Waals surface area contributed by atoms with Crippen molar-refractivity contribution in [2.45, 2.75) is 38.3 Å². The number of hydrogen-bond acceptors (Lipinski definition) is 8. The molecule has 14 heteroatoms. The Hall–Kier alpha value is -4.82. The first-order valence-electron chi connectivity index (χ1n) is 14.4. The Morgan fingerprint density at radius 3 is 2.26 bits per heavy atom. The van der Waals surface area contributed by atoms with Gasteiger partial charge in [0, 0.05) is 34.8 Å². The van der Waals surface area contributed by atoms with Crippen LogP contribution in [0.2, 0.25) is 0 Å². The number of piperidine rings is 1. The zero-order valence-electron chi connectivity index (χ0n) is 24.9. The van der Waals surface area contributed by atoms with E-state index in [4.69, 9.17) is 19.4 Å². The summed E-state index contributed by atoms with van der Waals surface area (Å²) >= 11 is 3.27. The van der Waals surface area contributed by atoms with Crippen molar-refractivity contribution < 1.29 is 42.3 Å². The maximum Gasteiger partial charge on any atom is 0.490 e. The molecule has 1 saturated heterocycles. The molecule has 47 heavy (non-hydrogen) atoms. The summed E-state index contributed by atoms with van der Waals surface area (Å²) in [4.78, 5) is 41.2. The van der Waals surface area contributed by atoms with Crippen LogP contribution in [0.4, 0.5) is 13.2 Å². The Bertz CT molecular complexity index is 1880. The van der Waals surface area contributed by atoms with Gasteiger partial charge in [-0.05, 0) is 60.5 Å². The van der Waals surface area contributed by atoms with Crippen molar-refractivity contribution in [3.63, 3.8) is 0 Å². The lowest BCUT2D eigenvalue weighted by Gasteiger charge is -2.31. The molecule has 1 amide bonds. The van der Waals surface area contributed by atoms with Crippen LogP contribution in [0, 0.1) is 6.92 Å². The molecule has 1 aliphatic heterocycles. The van der Waals surface area contributed by atoms with E-state index >= 15 is 0 Å². The van der Waals surface area contributed by atoms with E-state index in [1.807, 2.05) is 59.7 Å². The van der Waals surface area contributed by atoms with Crippen LogP contribution in [0.3, 0.4) is 0 Å². The molecular weight excluding hydrogens is 656 g/mol. The van der Waals surface area contributed by atoms with Crippen LogP contribution < -0.4 is 0 Å². The lowest BCUT2D eigenvalue weighted by molar-refractivity contribution is -0.192. The summed E-state index contributed by atoms with van der Waals surface area (Å²) in [7, 11) is 0. The highest BCUT2D eigenvalue weighted by atomic mass is 32.1. The third-order valence-electron chi connectivity index (χ3n) is 7.56. The summed E-state index contributed by atoms with van der Waals surface area (Å²) in [6.07, 6.45) is -2.81. The van der Waals surface area contributed by atoms with Gasteiger partial charge in [0.05, 0.1) is 28.2 Å². The van der Waals surface area contributed by atoms with Gasteiger partial charge < -0.3 is 19.6 Å². The predicted octanol–water partition coefficient (Wildman–Crippen LogP) is 7.78. The van der Waals surface area contributed by atoms with E-state index in [-0.39, 0.29) is 11.5 Å². The van der Waals surface area contributed by atoms with Gasteiger partial charge >= 0.3 is 18.1 Å². The van der Waals surface area contributed by atoms with Crippen molar-refractivity contribution in [3.8, 4) is 33.6 Å². The van der Waals surface area contributed by atoms with Crippen molar-refractivity contribution in [2.24, 2.45) is 0 Å². The van der Waals surface area contributed by atoms with Gasteiger partial charge in [-0.25, -0.2) is 14.6 Å². The standard InChI is InChI=1S/C31H27N3O4S2.C2HF3O2/c1-19-28(29(33-38-19)23-7-2-5-21(15-23)22-6-3-8-24(16-22)31(36)37)26-18-40-30(32-26)20-10-12-34(13-11-20)27(35)17-25-9-4-14-39-25;3-2(4,5)1(6)7/h2-9,14-16,18,20H,10-13,17H2,1H3,(H,36,37);(H,6,7). The molecule has 0 unspecified atom stereocenters. The molecule has 5 aromatic rings. The van der Waals surface area contributed by atoms with Crippen molar-refractivity contribution in [1.82, 2.24) is 15.0 Å². The summed E-state index contributed by atoms with van der Waals surface area (Å²) < 4.78 is 37.4. The largest absolute Gasteiger partial charge is 0.490 e. The Morgan fingerprint density at radius 2 is 1.62 bits per heavy atom.